The van der Waals surface area contributed by atoms with Crippen molar-refractivity contribution in [1.82, 2.24) is 19.4 Å². The van der Waals surface area contributed by atoms with Crippen LogP contribution in [0.5, 0.6) is 5.88 Å². The van der Waals surface area contributed by atoms with Gasteiger partial charge in [-0.15, -0.1) is 0 Å². The molecule has 5 rings (SSSR count). The van der Waals surface area contributed by atoms with Gasteiger partial charge in [0, 0.05) is 55.7 Å². The number of nitrogens with zero attached hydrogens (tertiary/aromatic N) is 4. The summed E-state index contributed by atoms with van der Waals surface area (Å²) in [5.74, 6) is 1.97. The SMILES string of the molecule is ClN1CCC(c2nccnc2OC2CC(Nc3ccc4ccccc4n3)C2)CC1. The second kappa shape index (κ2) is 8.13. The summed E-state index contributed by atoms with van der Waals surface area (Å²) >= 11 is 6.09. The van der Waals surface area contributed by atoms with Crippen LogP contribution in [-0.4, -0.2) is 44.6 Å². The fourth-order valence-corrected chi connectivity index (χ4v) is 4.32. The highest BCUT2D eigenvalue weighted by atomic mass is 35.5. The van der Waals surface area contributed by atoms with Crippen molar-refractivity contribution in [3.05, 3.63) is 54.5 Å². The zero-order valence-corrected chi connectivity index (χ0v) is 16.9. The van der Waals surface area contributed by atoms with E-state index < -0.39 is 0 Å². The summed E-state index contributed by atoms with van der Waals surface area (Å²) < 4.78 is 8.06. The molecule has 0 amide bonds. The second-order valence-corrected chi connectivity index (χ2v) is 8.35. The third-order valence-electron chi connectivity index (χ3n) is 5.84. The number of piperidine rings is 1. The van der Waals surface area contributed by atoms with E-state index in [1.807, 2.05) is 28.7 Å². The molecule has 3 heterocycles. The van der Waals surface area contributed by atoms with Gasteiger partial charge in [-0.05, 0) is 42.8 Å². The van der Waals surface area contributed by atoms with Crippen LogP contribution in [0.4, 0.5) is 5.82 Å². The summed E-state index contributed by atoms with van der Waals surface area (Å²) in [5, 5.41) is 4.68. The molecule has 0 atom stereocenters. The third-order valence-corrected chi connectivity index (χ3v) is 6.18. The first-order valence-corrected chi connectivity index (χ1v) is 10.6. The molecule has 7 heteroatoms. The first-order valence-electron chi connectivity index (χ1n) is 10.3. The highest BCUT2D eigenvalue weighted by Crippen LogP contribution is 2.34. The molecule has 1 aromatic carbocycles. The molecule has 0 spiro atoms. The van der Waals surface area contributed by atoms with Crippen LogP contribution in [0, 0.1) is 0 Å². The van der Waals surface area contributed by atoms with Gasteiger partial charge in [0.15, 0.2) is 0 Å². The van der Waals surface area contributed by atoms with Crippen molar-refractivity contribution in [3.63, 3.8) is 0 Å². The summed E-state index contributed by atoms with van der Waals surface area (Å²) in [7, 11) is 0. The normalized spacial score (nSPS) is 22.9. The lowest BCUT2D eigenvalue weighted by molar-refractivity contribution is 0.0994. The van der Waals surface area contributed by atoms with Gasteiger partial charge in [-0.1, -0.05) is 18.2 Å². The van der Waals surface area contributed by atoms with E-state index in [1.54, 1.807) is 12.4 Å². The number of para-hydroxylation sites is 1. The maximum atomic E-state index is 6.22. The summed E-state index contributed by atoms with van der Waals surface area (Å²) in [5.41, 5.74) is 1.99. The van der Waals surface area contributed by atoms with Gasteiger partial charge in [0.05, 0.1) is 5.52 Å². The monoisotopic (exact) mass is 409 g/mol. The number of nitrogens with one attached hydrogen (secondary N) is 1. The minimum absolute atomic E-state index is 0.163. The topological polar surface area (TPSA) is 63.2 Å². The molecule has 1 aliphatic carbocycles. The van der Waals surface area contributed by atoms with Crippen molar-refractivity contribution in [2.24, 2.45) is 0 Å². The van der Waals surface area contributed by atoms with Crippen LogP contribution >= 0.6 is 11.8 Å². The first kappa shape index (κ1) is 18.6. The number of pyridine rings is 1. The highest BCUT2D eigenvalue weighted by molar-refractivity contribution is 6.13. The van der Waals surface area contributed by atoms with E-state index in [1.165, 1.54) is 0 Å². The summed E-state index contributed by atoms with van der Waals surface area (Å²) in [6.07, 6.45) is 7.48. The smallest absolute Gasteiger partial charge is 0.236 e. The summed E-state index contributed by atoms with van der Waals surface area (Å²) in [4.78, 5) is 13.8. The first-order chi connectivity index (χ1) is 14.2. The number of benzene rings is 1. The number of hydrogen-bond donors (Lipinski definition) is 1. The van der Waals surface area contributed by atoms with Crippen LogP contribution < -0.4 is 10.1 Å². The molecule has 1 N–H and O–H groups in total. The molecular weight excluding hydrogens is 386 g/mol. The summed E-state index contributed by atoms with van der Waals surface area (Å²) in [6.45, 7) is 1.74. The Balaban J connectivity index is 1.19. The van der Waals surface area contributed by atoms with Gasteiger partial charge in [-0.25, -0.2) is 14.4 Å². The lowest BCUT2D eigenvalue weighted by Crippen LogP contribution is -2.43. The van der Waals surface area contributed by atoms with E-state index in [-0.39, 0.29) is 6.10 Å². The van der Waals surface area contributed by atoms with Crippen LogP contribution in [0.3, 0.4) is 0 Å². The van der Waals surface area contributed by atoms with Gasteiger partial charge in [0.25, 0.3) is 0 Å². The quantitative estimate of drug-likeness (QED) is 0.631. The maximum Gasteiger partial charge on any atom is 0.236 e. The predicted octanol–water partition coefficient (Wildman–Crippen LogP) is 4.38. The Morgan fingerprint density at radius 1 is 1.00 bits per heavy atom. The molecule has 0 unspecified atom stereocenters. The van der Waals surface area contributed by atoms with Crippen molar-refractivity contribution in [2.45, 2.75) is 43.7 Å². The predicted molar refractivity (Wildman–Crippen MR) is 114 cm³/mol. The molecule has 150 valence electrons. The number of aromatic nitrogens is 3. The minimum Gasteiger partial charge on any atom is -0.473 e. The fraction of sp³-hybridized carbons (Fsp3) is 0.409. The standard InChI is InChI=1S/C22H24ClN5O/c23-28-11-7-16(8-12-28)21-22(25-10-9-24-21)29-18-13-17(14-18)26-20-6-5-15-3-1-2-4-19(15)27-20/h1-6,9-10,16-18H,7-8,11-14H2,(H,26,27). The zero-order valence-electron chi connectivity index (χ0n) is 16.2. The molecule has 2 aliphatic rings. The van der Waals surface area contributed by atoms with Crippen molar-refractivity contribution in [2.75, 3.05) is 18.4 Å². The van der Waals surface area contributed by atoms with Crippen LogP contribution in [-0.2, 0) is 0 Å². The van der Waals surface area contributed by atoms with Crippen LogP contribution in [0.2, 0.25) is 0 Å². The van der Waals surface area contributed by atoms with Crippen molar-refractivity contribution < 1.29 is 4.74 Å². The van der Waals surface area contributed by atoms with Gasteiger partial charge < -0.3 is 10.1 Å². The average Bonchev–Trinajstić information content (AvgIpc) is 2.73. The molecule has 1 saturated heterocycles. The van der Waals surface area contributed by atoms with Gasteiger partial charge >= 0.3 is 0 Å². The molecule has 0 radical (unpaired) electrons. The van der Waals surface area contributed by atoms with E-state index in [9.17, 15) is 0 Å². The second-order valence-electron chi connectivity index (χ2n) is 7.87. The molecule has 0 bridgehead atoms. The van der Waals surface area contributed by atoms with E-state index in [2.05, 4.69) is 27.4 Å². The zero-order chi connectivity index (χ0) is 19.6. The fourth-order valence-electron chi connectivity index (χ4n) is 4.12. The molecule has 29 heavy (non-hydrogen) atoms. The number of anilines is 1. The number of hydrogen-bond acceptors (Lipinski definition) is 6. The third kappa shape index (κ3) is 4.14. The van der Waals surface area contributed by atoms with E-state index in [0.717, 1.165) is 61.2 Å². The summed E-state index contributed by atoms with van der Waals surface area (Å²) in [6, 6.07) is 12.7. The minimum atomic E-state index is 0.163. The largest absolute Gasteiger partial charge is 0.473 e. The average molecular weight is 410 g/mol. The molecule has 1 saturated carbocycles. The number of fused-ring (bicyclic) bond motifs is 1. The lowest BCUT2D eigenvalue weighted by Gasteiger charge is -2.36. The maximum absolute atomic E-state index is 6.22. The number of rotatable bonds is 5. The Kier molecular flexibility index (Phi) is 5.21. The van der Waals surface area contributed by atoms with E-state index in [0.29, 0.717) is 17.8 Å². The Morgan fingerprint density at radius 2 is 1.79 bits per heavy atom. The molecule has 6 nitrogen and oxygen atoms in total. The number of ether oxygens (including phenoxy) is 1. The van der Waals surface area contributed by atoms with Crippen molar-refractivity contribution in [1.29, 1.82) is 0 Å². The molecule has 2 aromatic heterocycles. The van der Waals surface area contributed by atoms with Gasteiger partial charge in [0.1, 0.15) is 17.6 Å². The Hall–Kier alpha value is -2.44. The Labute approximate surface area is 175 Å². The van der Waals surface area contributed by atoms with E-state index in [4.69, 9.17) is 21.5 Å². The lowest BCUT2D eigenvalue weighted by atomic mass is 9.89. The molecular formula is C22H24ClN5O. The molecule has 2 fully saturated rings. The highest BCUT2D eigenvalue weighted by Gasteiger charge is 2.33. The van der Waals surface area contributed by atoms with Crippen LogP contribution in [0.15, 0.2) is 48.8 Å². The van der Waals surface area contributed by atoms with E-state index >= 15 is 0 Å². The Bertz CT molecular complexity index is 986. The number of halogens is 1. The van der Waals surface area contributed by atoms with Gasteiger partial charge in [-0.3, -0.25) is 4.98 Å². The van der Waals surface area contributed by atoms with Gasteiger partial charge in [0.2, 0.25) is 5.88 Å². The molecule has 1 aliphatic heterocycles. The van der Waals surface area contributed by atoms with Crippen LogP contribution in [0.25, 0.3) is 10.9 Å². The van der Waals surface area contributed by atoms with Crippen molar-refractivity contribution in [3.8, 4) is 5.88 Å². The van der Waals surface area contributed by atoms with Crippen LogP contribution in [0.1, 0.15) is 37.3 Å². The van der Waals surface area contributed by atoms with Gasteiger partial charge in [-0.2, -0.15) is 0 Å². The molecule has 3 aromatic rings. The van der Waals surface area contributed by atoms with Crippen molar-refractivity contribution >= 4 is 28.5 Å². The Morgan fingerprint density at radius 3 is 2.66 bits per heavy atom.